The second-order valence-electron chi connectivity index (χ2n) is 7.12. The van der Waals surface area contributed by atoms with Gasteiger partial charge in [0.2, 0.25) is 0 Å². The summed E-state index contributed by atoms with van der Waals surface area (Å²) in [7, 11) is 1.51. The fourth-order valence-corrected chi connectivity index (χ4v) is 4.36. The van der Waals surface area contributed by atoms with Crippen LogP contribution in [0.3, 0.4) is 0 Å². The van der Waals surface area contributed by atoms with Crippen molar-refractivity contribution in [3.63, 3.8) is 0 Å². The van der Waals surface area contributed by atoms with Gasteiger partial charge in [0, 0.05) is 11.8 Å². The minimum atomic E-state index is -0.657. The average molecular weight is 472 g/mol. The summed E-state index contributed by atoms with van der Waals surface area (Å²) in [4.78, 5) is 26.4. The topological polar surface area (TPSA) is 84.1 Å². The first-order valence-corrected chi connectivity index (χ1v) is 11.0. The summed E-state index contributed by atoms with van der Waals surface area (Å²) in [5, 5.41) is 12.6. The lowest BCUT2D eigenvalue weighted by Crippen LogP contribution is -2.32. The Morgan fingerprint density at radius 1 is 1.09 bits per heavy atom. The Labute approximate surface area is 198 Å². The summed E-state index contributed by atoms with van der Waals surface area (Å²) in [6.45, 7) is 0. The molecule has 1 aromatic heterocycles. The first kappa shape index (κ1) is 22.7. The maximum atomic E-state index is 13.3. The molecule has 0 fully saturated rings. The zero-order valence-electron chi connectivity index (χ0n) is 18.0. The van der Waals surface area contributed by atoms with E-state index in [9.17, 15) is 19.2 Å². The van der Waals surface area contributed by atoms with Gasteiger partial charge in [-0.1, -0.05) is 36.4 Å². The molecule has 0 bridgehead atoms. The van der Waals surface area contributed by atoms with Crippen molar-refractivity contribution in [1.82, 2.24) is 4.57 Å². The number of hydrogen-bond acceptors (Lipinski definition) is 5. The Morgan fingerprint density at radius 3 is 2.50 bits per heavy atom. The van der Waals surface area contributed by atoms with Crippen LogP contribution in [0.1, 0.15) is 5.56 Å². The minimum Gasteiger partial charge on any atom is -0.497 e. The number of nitrogens with zero attached hydrogens (tertiary/aromatic N) is 2. The van der Waals surface area contributed by atoms with Crippen molar-refractivity contribution in [2.24, 2.45) is 0 Å². The lowest BCUT2D eigenvalue weighted by atomic mass is 10.2. The summed E-state index contributed by atoms with van der Waals surface area (Å²) < 4.78 is 20.3. The summed E-state index contributed by atoms with van der Waals surface area (Å²) in [5.41, 5.74) is 0.968. The molecule has 0 aliphatic rings. The van der Waals surface area contributed by atoms with Gasteiger partial charge in [-0.15, -0.1) is 11.3 Å². The second-order valence-corrected chi connectivity index (χ2v) is 8.15. The molecule has 0 radical (unpaired) electrons. The van der Waals surface area contributed by atoms with Crippen LogP contribution in [0.15, 0.2) is 83.7 Å². The third-order valence-corrected chi connectivity index (χ3v) is 5.98. The lowest BCUT2D eigenvalue weighted by molar-refractivity contribution is -0.111. The summed E-state index contributed by atoms with van der Waals surface area (Å²) in [6, 6.07) is 23.1. The molecule has 3 aromatic carbocycles. The maximum absolute atomic E-state index is 13.3. The van der Waals surface area contributed by atoms with Crippen LogP contribution in [-0.2, 0) is 4.79 Å². The SMILES string of the molecule is COc1cccc(NC(=O)C(C#N)=c2sc(=Cc3ccc(F)cc3)c(=O)n2-c2ccccc2)c1. The molecule has 6 nitrogen and oxygen atoms in total. The standard InChI is InChI=1S/C26H18FN3O3S/c1-33-21-9-5-6-19(15-21)29-24(31)22(16-28)26-30(20-7-3-2-4-8-20)25(32)23(34-26)14-17-10-12-18(27)13-11-17/h2-15H,1H3,(H,29,31). The van der Waals surface area contributed by atoms with Gasteiger partial charge in [0.25, 0.3) is 11.5 Å². The molecule has 168 valence electrons. The number of anilines is 1. The van der Waals surface area contributed by atoms with E-state index in [-0.39, 0.29) is 16.1 Å². The van der Waals surface area contributed by atoms with Crippen LogP contribution >= 0.6 is 11.3 Å². The highest BCUT2D eigenvalue weighted by molar-refractivity contribution is 7.07. The highest BCUT2D eigenvalue weighted by Crippen LogP contribution is 2.17. The highest BCUT2D eigenvalue weighted by Gasteiger charge is 2.17. The van der Waals surface area contributed by atoms with Gasteiger partial charge in [-0.2, -0.15) is 5.26 Å². The van der Waals surface area contributed by atoms with Crippen molar-refractivity contribution in [3.05, 3.63) is 110 Å². The van der Waals surface area contributed by atoms with Crippen LogP contribution in [0.25, 0.3) is 17.3 Å². The number of para-hydroxylation sites is 1. The zero-order valence-corrected chi connectivity index (χ0v) is 18.8. The summed E-state index contributed by atoms with van der Waals surface area (Å²) >= 11 is 1.02. The normalized spacial score (nSPS) is 12.1. The van der Waals surface area contributed by atoms with E-state index in [4.69, 9.17) is 4.74 Å². The van der Waals surface area contributed by atoms with E-state index < -0.39 is 11.5 Å². The van der Waals surface area contributed by atoms with Crippen LogP contribution in [-0.4, -0.2) is 17.6 Å². The third kappa shape index (κ3) is 4.80. The van der Waals surface area contributed by atoms with Gasteiger partial charge in [0.05, 0.1) is 17.3 Å². The van der Waals surface area contributed by atoms with Crippen molar-refractivity contribution >= 4 is 34.6 Å². The van der Waals surface area contributed by atoms with Gasteiger partial charge >= 0.3 is 0 Å². The van der Waals surface area contributed by atoms with Gasteiger partial charge in [0.15, 0.2) is 5.57 Å². The molecule has 0 spiro atoms. The van der Waals surface area contributed by atoms with Crippen LogP contribution in [0, 0.1) is 17.1 Å². The first-order chi connectivity index (χ1) is 16.5. The van der Waals surface area contributed by atoms with Crippen molar-refractivity contribution in [2.75, 3.05) is 12.4 Å². The molecule has 0 atom stereocenters. The number of rotatable bonds is 5. The number of aromatic nitrogens is 1. The van der Waals surface area contributed by atoms with Gasteiger partial charge in [-0.3, -0.25) is 14.2 Å². The molecule has 1 heterocycles. The fraction of sp³-hybridized carbons (Fsp3) is 0.0385. The van der Waals surface area contributed by atoms with Crippen LogP contribution in [0.5, 0.6) is 5.75 Å². The van der Waals surface area contributed by atoms with E-state index in [0.717, 1.165) is 11.3 Å². The molecule has 0 saturated heterocycles. The predicted molar refractivity (Wildman–Crippen MR) is 130 cm³/mol. The second kappa shape index (κ2) is 9.98. The molecule has 0 unspecified atom stereocenters. The van der Waals surface area contributed by atoms with E-state index >= 15 is 0 Å². The smallest absolute Gasteiger partial charge is 0.273 e. The quantitative estimate of drug-likeness (QED) is 0.485. The molecule has 4 aromatic rings. The summed E-state index contributed by atoms with van der Waals surface area (Å²) in [5.74, 6) is -0.500. The minimum absolute atomic E-state index is 0.187. The van der Waals surface area contributed by atoms with Crippen LogP contribution < -0.4 is 24.8 Å². The monoisotopic (exact) mass is 471 g/mol. The molecular formula is C26H18FN3O3S. The van der Waals surface area contributed by atoms with Gasteiger partial charge in [-0.05, 0) is 48.0 Å². The number of methoxy groups -OCH3 is 1. The number of halogens is 1. The van der Waals surface area contributed by atoms with E-state index in [1.54, 1.807) is 72.8 Å². The molecule has 0 aliphatic heterocycles. The number of thiazole rings is 1. The van der Waals surface area contributed by atoms with Crippen molar-refractivity contribution in [3.8, 4) is 17.5 Å². The fourth-order valence-electron chi connectivity index (χ4n) is 3.26. The molecule has 0 saturated carbocycles. The Bertz CT molecular complexity index is 1570. The zero-order chi connectivity index (χ0) is 24.1. The molecule has 8 heteroatoms. The van der Waals surface area contributed by atoms with E-state index in [0.29, 0.717) is 27.2 Å². The third-order valence-electron chi connectivity index (χ3n) is 4.89. The Morgan fingerprint density at radius 2 is 1.82 bits per heavy atom. The Balaban J connectivity index is 1.92. The maximum Gasteiger partial charge on any atom is 0.273 e. The largest absolute Gasteiger partial charge is 0.497 e. The number of benzene rings is 3. The van der Waals surface area contributed by atoms with E-state index in [1.165, 1.54) is 23.8 Å². The molecule has 34 heavy (non-hydrogen) atoms. The van der Waals surface area contributed by atoms with Crippen LogP contribution in [0.4, 0.5) is 10.1 Å². The summed E-state index contributed by atoms with van der Waals surface area (Å²) in [6.07, 6.45) is 1.60. The number of nitriles is 1. The Hall–Kier alpha value is -4.48. The van der Waals surface area contributed by atoms with Crippen molar-refractivity contribution < 1.29 is 13.9 Å². The molecule has 4 rings (SSSR count). The number of ether oxygens (including phenoxy) is 1. The Kier molecular flexibility index (Phi) is 6.67. The number of amides is 1. The molecular weight excluding hydrogens is 453 g/mol. The van der Waals surface area contributed by atoms with Crippen LogP contribution in [0.2, 0.25) is 0 Å². The number of carbonyl (C=O) groups is 1. The van der Waals surface area contributed by atoms with E-state index in [2.05, 4.69) is 5.32 Å². The number of hydrogen-bond donors (Lipinski definition) is 1. The molecule has 1 amide bonds. The van der Waals surface area contributed by atoms with Gasteiger partial charge in [0.1, 0.15) is 22.3 Å². The van der Waals surface area contributed by atoms with Gasteiger partial charge < -0.3 is 10.1 Å². The lowest BCUT2D eigenvalue weighted by Gasteiger charge is -2.07. The van der Waals surface area contributed by atoms with Crippen molar-refractivity contribution in [2.45, 2.75) is 0 Å². The first-order valence-electron chi connectivity index (χ1n) is 10.1. The van der Waals surface area contributed by atoms with Crippen molar-refractivity contribution in [1.29, 1.82) is 5.26 Å². The number of nitrogens with one attached hydrogen (secondary N) is 1. The van der Waals surface area contributed by atoms with E-state index in [1.807, 2.05) is 6.07 Å². The number of carbonyl (C=O) groups excluding carboxylic acids is 1. The van der Waals surface area contributed by atoms with Gasteiger partial charge in [-0.25, -0.2) is 4.39 Å². The highest BCUT2D eigenvalue weighted by atomic mass is 32.1. The average Bonchev–Trinajstić information content (AvgIpc) is 3.17. The molecule has 1 N–H and O–H groups in total. The predicted octanol–water partition coefficient (Wildman–Crippen LogP) is 3.19. The molecule has 0 aliphatic carbocycles.